The van der Waals surface area contributed by atoms with Crippen molar-refractivity contribution in [3.63, 3.8) is 0 Å². The summed E-state index contributed by atoms with van der Waals surface area (Å²) in [5.74, 6) is 1.78. The van der Waals surface area contributed by atoms with Gasteiger partial charge in [-0.3, -0.25) is 4.79 Å². The molecular formula is C18H20O. The molecule has 1 saturated carbocycles. The Labute approximate surface area is 114 Å². The van der Waals surface area contributed by atoms with Crippen molar-refractivity contribution < 1.29 is 4.79 Å². The smallest absolute Gasteiger partial charge is 0.163 e. The molecule has 3 aliphatic rings. The summed E-state index contributed by atoms with van der Waals surface area (Å²) in [4.78, 5) is 12.6. The molecular weight excluding hydrogens is 232 g/mol. The van der Waals surface area contributed by atoms with E-state index in [2.05, 4.69) is 37.3 Å². The van der Waals surface area contributed by atoms with Gasteiger partial charge in [0.15, 0.2) is 5.78 Å². The molecule has 1 nitrogen and oxygen atoms in total. The molecule has 0 amide bonds. The van der Waals surface area contributed by atoms with Crippen molar-refractivity contribution in [2.45, 2.75) is 39.0 Å². The third-order valence-electron chi connectivity index (χ3n) is 5.57. The zero-order chi connectivity index (χ0) is 13.0. The summed E-state index contributed by atoms with van der Waals surface area (Å²) in [5.41, 5.74) is 3.86. The minimum absolute atomic E-state index is 0.261. The summed E-state index contributed by atoms with van der Waals surface area (Å²) in [6, 6.07) is 6.55. The SMILES string of the molecule is CCc1ccc2c(c1)C(=O)CC1(C2)CC2C=CC1C2. The summed E-state index contributed by atoms with van der Waals surface area (Å²) >= 11 is 0. The average molecular weight is 252 g/mol. The van der Waals surface area contributed by atoms with Crippen LogP contribution >= 0.6 is 0 Å². The number of aryl methyl sites for hydroxylation is 1. The predicted molar refractivity (Wildman–Crippen MR) is 76.3 cm³/mol. The van der Waals surface area contributed by atoms with Crippen molar-refractivity contribution >= 4 is 5.78 Å². The van der Waals surface area contributed by atoms with E-state index in [1.54, 1.807) is 0 Å². The van der Waals surface area contributed by atoms with E-state index in [0.717, 1.165) is 30.7 Å². The van der Waals surface area contributed by atoms with E-state index in [1.807, 2.05) is 0 Å². The summed E-state index contributed by atoms with van der Waals surface area (Å²) in [5, 5.41) is 0. The third-order valence-corrected chi connectivity index (χ3v) is 5.57. The Morgan fingerprint density at radius 1 is 1.26 bits per heavy atom. The molecule has 98 valence electrons. The lowest BCUT2D eigenvalue weighted by Crippen LogP contribution is -2.35. The maximum absolute atomic E-state index is 12.6. The van der Waals surface area contributed by atoms with Crippen LogP contribution in [0.15, 0.2) is 30.4 Å². The predicted octanol–water partition coefficient (Wildman–Crippen LogP) is 3.96. The van der Waals surface area contributed by atoms with Gasteiger partial charge in [-0.05, 0) is 60.1 Å². The minimum atomic E-state index is 0.261. The van der Waals surface area contributed by atoms with Gasteiger partial charge in [0.25, 0.3) is 0 Å². The number of benzene rings is 1. The van der Waals surface area contributed by atoms with Gasteiger partial charge in [-0.1, -0.05) is 31.2 Å². The lowest BCUT2D eigenvalue weighted by molar-refractivity contribution is 0.0848. The minimum Gasteiger partial charge on any atom is -0.294 e. The maximum atomic E-state index is 12.6. The van der Waals surface area contributed by atoms with Crippen LogP contribution in [0.1, 0.15) is 47.7 Å². The van der Waals surface area contributed by atoms with Crippen LogP contribution in [-0.4, -0.2) is 5.78 Å². The van der Waals surface area contributed by atoms with Crippen LogP contribution < -0.4 is 0 Å². The lowest BCUT2D eigenvalue weighted by atomic mass is 9.64. The molecule has 1 aromatic rings. The molecule has 0 saturated heterocycles. The quantitative estimate of drug-likeness (QED) is 0.691. The number of hydrogen-bond donors (Lipinski definition) is 0. The Balaban J connectivity index is 1.75. The van der Waals surface area contributed by atoms with Gasteiger partial charge < -0.3 is 0 Å². The first-order chi connectivity index (χ1) is 9.20. The second-order valence-corrected chi connectivity index (χ2v) is 6.68. The molecule has 0 aliphatic heterocycles. The summed E-state index contributed by atoms with van der Waals surface area (Å²) < 4.78 is 0. The van der Waals surface area contributed by atoms with Crippen molar-refractivity contribution in [1.29, 1.82) is 0 Å². The first-order valence-electron chi connectivity index (χ1n) is 7.53. The van der Waals surface area contributed by atoms with E-state index >= 15 is 0 Å². The molecule has 3 aliphatic carbocycles. The van der Waals surface area contributed by atoms with Crippen molar-refractivity contribution in [1.82, 2.24) is 0 Å². The van der Waals surface area contributed by atoms with Gasteiger partial charge in [0, 0.05) is 12.0 Å². The number of fused-ring (bicyclic) bond motifs is 4. The molecule has 0 radical (unpaired) electrons. The van der Waals surface area contributed by atoms with Gasteiger partial charge in [-0.15, -0.1) is 0 Å². The fourth-order valence-corrected chi connectivity index (χ4v) is 4.57. The Kier molecular flexibility index (Phi) is 2.30. The second kappa shape index (κ2) is 3.82. The number of ketones is 1. The molecule has 2 bridgehead atoms. The monoisotopic (exact) mass is 252 g/mol. The van der Waals surface area contributed by atoms with Gasteiger partial charge in [-0.25, -0.2) is 0 Å². The highest BCUT2D eigenvalue weighted by atomic mass is 16.1. The Morgan fingerprint density at radius 2 is 2.16 bits per heavy atom. The van der Waals surface area contributed by atoms with Gasteiger partial charge in [-0.2, -0.15) is 0 Å². The number of hydrogen-bond acceptors (Lipinski definition) is 1. The molecule has 4 rings (SSSR count). The number of Topliss-reactive ketones (excluding diaryl/α,β-unsaturated/α-hetero) is 1. The van der Waals surface area contributed by atoms with Crippen LogP contribution in [0, 0.1) is 17.3 Å². The van der Waals surface area contributed by atoms with E-state index in [4.69, 9.17) is 0 Å². The van der Waals surface area contributed by atoms with Gasteiger partial charge in [0.1, 0.15) is 0 Å². The standard InChI is InChI=1S/C18H20O/c1-2-12-3-5-14-10-18(11-17(19)16(14)8-12)9-13-4-6-15(18)7-13/h3-6,8,13,15H,2,7,9-11H2,1H3. The summed E-state index contributed by atoms with van der Waals surface area (Å²) in [6.45, 7) is 2.15. The molecule has 3 unspecified atom stereocenters. The topological polar surface area (TPSA) is 17.1 Å². The number of carbonyl (C=O) groups is 1. The van der Waals surface area contributed by atoms with Crippen molar-refractivity contribution in [2.24, 2.45) is 17.3 Å². The highest BCUT2D eigenvalue weighted by molar-refractivity contribution is 5.99. The van der Waals surface area contributed by atoms with E-state index in [1.165, 1.54) is 24.0 Å². The Morgan fingerprint density at radius 3 is 2.84 bits per heavy atom. The van der Waals surface area contributed by atoms with Gasteiger partial charge in [0.05, 0.1) is 0 Å². The van der Waals surface area contributed by atoms with Crippen LogP contribution in [0.5, 0.6) is 0 Å². The second-order valence-electron chi connectivity index (χ2n) is 6.68. The molecule has 19 heavy (non-hydrogen) atoms. The number of rotatable bonds is 1. The zero-order valence-corrected chi connectivity index (χ0v) is 11.5. The van der Waals surface area contributed by atoms with E-state index in [-0.39, 0.29) is 5.41 Å². The average Bonchev–Trinajstić information content (AvgIpc) is 2.99. The van der Waals surface area contributed by atoms with Crippen LogP contribution in [0.25, 0.3) is 0 Å². The first-order valence-corrected chi connectivity index (χ1v) is 7.53. The third kappa shape index (κ3) is 1.57. The van der Waals surface area contributed by atoms with Crippen LogP contribution in [0.4, 0.5) is 0 Å². The largest absolute Gasteiger partial charge is 0.294 e. The molecule has 1 aromatic carbocycles. The molecule has 1 spiro atoms. The zero-order valence-electron chi connectivity index (χ0n) is 11.5. The fraction of sp³-hybridized carbons (Fsp3) is 0.500. The molecule has 0 aromatic heterocycles. The maximum Gasteiger partial charge on any atom is 0.163 e. The van der Waals surface area contributed by atoms with Crippen LogP contribution in [-0.2, 0) is 12.8 Å². The van der Waals surface area contributed by atoms with Crippen molar-refractivity contribution in [2.75, 3.05) is 0 Å². The van der Waals surface area contributed by atoms with Gasteiger partial charge in [0.2, 0.25) is 0 Å². The molecule has 1 heteroatoms. The normalized spacial score (nSPS) is 35.1. The highest BCUT2D eigenvalue weighted by Crippen LogP contribution is 2.57. The Bertz CT molecular complexity index is 583. The molecule has 1 fully saturated rings. The van der Waals surface area contributed by atoms with Crippen molar-refractivity contribution in [3.05, 3.63) is 47.0 Å². The van der Waals surface area contributed by atoms with E-state index in [0.29, 0.717) is 11.7 Å². The van der Waals surface area contributed by atoms with Crippen LogP contribution in [0.2, 0.25) is 0 Å². The Hall–Kier alpha value is -1.37. The summed E-state index contributed by atoms with van der Waals surface area (Å²) in [6.07, 6.45) is 10.2. The highest BCUT2D eigenvalue weighted by Gasteiger charge is 2.51. The molecule has 0 N–H and O–H groups in total. The first kappa shape index (κ1) is 11.5. The van der Waals surface area contributed by atoms with E-state index < -0.39 is 0 Å². The molecule has 3 atom stereocenters. The lowest BCUT2D eigenvalue weighted by Gasteiger charge is -2.39. The van der Waals surface area contributed by atoms with Gasteiger partial charge >= 0.3 is 0 Å². The van der Waals surface area contributed by atoms with Crippen LogP contribution in [0.3, 0.4) is 0 Å². The van der Waals surface area contributed by atoms with E-state index in [9.17, 15) is 4.79 Å². The van der Waals surface area contributed by atoms with Crippen molar-refractivity contribution in [3.8, 4) is 0 Å². The molecule has 0 heterocycles. The fourth-order valence-electron chi connectivity index (χ4n) is 4.57. The number of carbonyl (C=O) groups excluding carboxylic acids is 1. The summed E-state index contributed by atoms with van der Waals surface area (Å²) in [7, 11) is 0. The number of allylic oxidation sites excluding steroid dienone is 2.